The lowest BCUT2D eigenvalue weighted by atomic mass is 10.1. The maximum absolute atomic E-state index is 11.0. The van der Waals surface area contributed by atoms with Crippen LogP contribution < -0.4 is 16.4 Å². The summed E-state index contributed by atoms with van der Waals surface area (Å²) in [5.74, 6) is -0.746. The minimum absolute atomic E-state index is 0.0495. The number of amides is 2. The molecule has 0 radical (unpaired) electrons. The van der Waals surface area contributed by atoms with Crippen LogP contribution in [0.2, 0.25) is 0 Å². The van der Waals surface area contributed by atoms with Crippen molar-refractivity contribution in [3.8, 4) is 0 Å². The third kappa shape index (κ3) is 5.19. The second-order valence-corrected chi connectivity index (χ2v) is 3.89. The summed E-state index contributed by atoms with van der Waals surface area (Å²) in [5, 5.41) is 24.2. The Kier molecular flexibility index (Phi) is 5.68. The number of hydrogen-bond donors (Lipinski definition) is 4. The summed E-state index contributed by atoms with van der Waals surface area (Å²) in [5.41, 5.74) is 5.09. The van der Waals surface area contributed by atoms with Crippen molar-refractivity contribution in [3.63, 3.8) is 0 Å². The van der Waals surface area contributed by atoms with Crippen LogP contribution in [0, 0.1) is 10.1 Å². The van der Waals surface area contributed by atoms with Crippen LogP contribution in [0.1, 0.15) is 10.4 Å². The Bertz CT molecular complexity index is 585. The monoisotopic (exact) mass is 294 g/mol. The zero-order valence-electron chi connectivity index (χ0n) is 10.9. The van der Waals surface area contributed by atoms with Crippen LogP contribution in [0.15, 0.2) is 30.4 Å². The van der Waals surface area contributed by atoms with Crippen LogP contribution in [0.3, 0.4) is 0 Å². The van der Waals surface area contributed by atoms with E-state index >= 15 is 0 Å². The summed E-state index contributed by atoms with van der Waals surface area (Å²) in [7, 11) is 0. The van der Waals surface area contributed by atoms with Crippen molar-refractivity contribution in [1.82, 2.24) is 5.32 Å². The van der Waals surface area contributed by atoms with E-state index in [1.54, 1.807) is 12.2 Å². The van der Waals surface area contributed by atoms with Crippen LogP contribution in [0.5, 0.6) is 0 Å². The van der Waals surface area contributed by atoms with Crippen molar-refractivity contribution in [2.45, 2.75) is 0 Å². The number of nitro groups is 1. The Morgan fingerprint density at radius 3 is 2.57 bits per heavy atom. The highest BCUT2D eigenvalue weighted by Gasteiger charge is 2.15. The number of primary amides is 1. The minimum atomic E-state index is -1.13. The third-order valence-corrected chi connectivity index (χ3v) is 2.43. The highest BCUT2D eigenvalue weighted by Crippen LogP contribution is 2.25. The second-order valence-electron chi connectivity index (χ2n) is 3.89. The van der Waals surface area contributed by atoms with E-state index in [0.717, 1.165) is 6.07 Å². The largest absolute Gasteiger partial charge is 0.465 e. The van der Waals surface area contributed by atoms with Gasteiger partial charge in [0.2, 0.25) is 5.91 Å². The van der Waals surface area contributed by atoms with E-state index in [-0.39, 0.29) is 30.0 Å². The predicted octanol–water partition coefficient (Wildman–Crippen LogP) is 0.929. The molecule has 0 aliphatic heterocycles. The number of carbonyl (C=O) groups excluding carboxylic acids is 1. The van der Waals surface area contributed by atoms with Crippen molar-refractivity contribution >= 4 is 23.4 Å². The van der Waals surface area contributed by atoms with Crippen molar-refractivity contribution in [3.05, 3.63) is 46.0 Å². The molecule has 0 bridgehead atoms. The van der Waals surface area contributed by atoms with Gasteiger partial charge in [0.25, 0.3) is 5.69 Å². The molecule has 0 saturated carbocycles. The van der Waals surface area contributed by atoms with Gasteiger partial charge in [0, 0.05) is 24.7 Å². The quantitative estimate of drug-likeness (QED) is 0.334. The van der Waals surface area contributed by atoms with Gasteiger partial charge in [0.15, 0.2) is 0 Å². The zero-order valence-corrected chi connectivity index (χ0v) is 10.9. The molecular formula is C12H14N4O5. The smallest absolute Gasteiger partial charge is 0.404 e. The summed E-state index contributed by atoms with van der Waals surface area (Å²) < 4.78 is 0. The number of nitro benzene ring substituents is 1. The van der Waals surface area contributed by atoms with E-state index in [4.69, 9.17) is 10.8 Å². The van der Waals surface area contributed by atoms with Crippen LogP contribution in [-0.4, -0.2) is 35.1 Å². The van der Waals surface area contributed by atoms with E-state index in [9.17, 15) is 19.7 Å². The molecule has 0 heterocycles. The molecule has 0 aliphatic rings. The lowest BCUT2D eigenvalue weighted by Crippen LogP contribution is -2.20. The fourth-order valence-electron chi connectivity index (χ4n) is 1.47. The van der Waals surface area contributed by atoms with E-state index in [1.165, 1.54) is 12.1 Å². The highest BCUT2D eigenvalue weighted by molar-refractivity contribution is 5.94. The van der Waals surface area contributed by atoms with Crippen LogP contribution in [-0.2, 0) is 0 Å². The standard InChI is InChI=1S/C12H14N4O5/c13-11(17)8-3-4-9(10(7-8)16(20)21)14-5-1-2-6-15-12(18)19/h1-4,7,14-15H,5-6H2,(H2,13,17)(H,18,19). The van der Waals surface area contributed by atoms with E-state index < -0.39 is 16.9 Å². The van der Waals surface area contributed by atoms with Gasteiger partial charge in [-0.2, -0.15) is 0 Å². The Balaban J connectivity index is 2.68. The zero-order chi connectivity index (χ0) is 15.8. The lowest BCUT2D eigenvalue weighted by Gasteiger charge is -2.05. The Labute approximate surface area is 119 Å². The molecular weight excluding hydrogens is 280 g/mol. The minimum Gasteiger partial charge on any atom is -0.465 e. The first-order valence-corrected chi connectivity index (χ1v) is 5.85. The van der Waals surface area contributed by atoms with E-state index in [0.29, 0.717) is 0 Å². The van der Waals surface area contributed by atoms with E-state index in [1.807, 2.05) is 0 Å². The maximum Gasteiger partial charge on any atom is 0.404 e. The maximum atomic E-state index is 11.0. The Hall–Kier alpha value is -3.10. The SMILES string of the molecule is NC(=O)c1ccc(NCC=CCNC(=O)O)c([N+](=O)[O-])c1. The lowest BCUT2D eigenvalue weighted by molar-refractivity contribution is -0.384. The van der Waals surface area contributed by atoms with Crippen LogP contribution in [0.4, 0.5) is 16.2 Å². The number of anilines is 1. The van der Waals surface area contributed by atoms with Crippen molar-refractivity contribution in [2.24, 2.45) is 5.73 Å². The summed E-state index contributed by atoms with van der Waals surface area (Å²) in [6, 6.07) is 3.87. The predicted molar refractivity (Wildman–Crippen MR) is 75.3 cm³/mol. The number of carboxylic acid groups (broad SMARTS) is 1. The first-order valence-electron chi connectivity index (χ1n) is 5.85. The molecule has 5 N–H and O–H groups in total. The van der Waals surface area contributed by atoms with Gasteiger partial charge >= 0.3 is 6.09 Å². The van der Waals surface area contributed by atoms with Gasteiger partial charge in [-0.25, -0.2) is 4.79 Å². The molecule has 0 saturated heterocycles. The summed E-state index contributed by atoms with van der Waals surface area (Å²) >= 11 is 0. The number of carbonyl (C=O) groups is 2. The molecule has 0 atom stereocenters. The van der Waals surface area contributed by atoms with Crippen molar-refractivity contribution in [1.29, 1.82) is 0 Å². The molecule has 0 unspecified atom stereocenters. The normalized spacial score (nSPS) is 10.3. The Morgan fingerprint density at radius 2 is 2.00 bits per heavy atom. The van der Waals surface area contributed by atoms with Crippen molar-refractivity contribution < 1.29 is 19.6 Å². The van der Waals surface area contributed by atoms with Gasteiger partial charge in [0.05, 0.1) is 4.92 Å². The number of benzene rings is 1. The first-order chi connectivity index (χ1) is 9.91. The highest BCUT2D eigenvalue weighted by atomic mass is 16.6. The first kappa shape index (κ1) is 16.0. The molecule has 0 aromatic heterocycles. The summed E-state index contributed by atoms with van der Waals surface area (Å²) in [6.45, 7) is 0.401. The number of nitrogens with one attached hydrogen (secondary N) is 2. The van der Waals surface area contributed by atoms with Gasteiger partial charge < -0.3 is 21.5 Å². The van der Waals surface area contributed by atoms with Gasteiger partial charge in [-0.1, -0.05) is 12.2 Å². The molecule has 0 spiro atoms. The number of nitrogens with two attached hydrogens (primary N) is 1. The molecule has 9 nitrogen and oxygen atoms in total. The fraction of sp³-hybridized carbons (Fsp3) is 0.167. The fourth-order valence-corrected chi connectivity index (χ4v) is 1.47. The Morgan fingerprint density at radius 1 is 1.33 bits per heavy atom. The molecule has 1 aromatic carbocycles. The van der Waals surface area contributed by atoms with Gasteiger partial charge in [0.1, 0.15) is 5.69 Å². The molecule has 21 heavy (non-hydrogen) atoms. The summed E-state index contributed by atoms with van der Waals surface area (Å²) in [6.07, 6.45) is 2.04. The van der Waals surface area contributed by atoms with E-state index in [2.05, 4.69) is 10.6 Å². The summed E-state index contributed by atoms with van der Waals surface area (Å²) in [4.78, 5) is 31.5. The van der Waals surface area contributed by atoms with Gasteiger partial charge in [-0.15, -0.1) is 0 Å². The van der Waals surface area contributed by atoms with Crippen molar-refractivity contribution in [2.75, 3.05) is 18.4 Å². The molecule has 2 amide bonds. The average Bonchev–Trinajstić information content (AvgIpc) is 2.42. The second kappa shape index (κ2) is 7.48. The van der Waals surface area contributed by atoms with Crippen LogP contribution >= 0.6 is 0 Å². The van der Waals surface area contributed by atoms with Gasteiger partial charge in [-0.3, -0.25) is 14.9 Å². The molecule has 0 fully saturated rings. The molecule has 112 valence electrons. The number of rotatable bonds is 7. The molecule has 0 aliphatic carbocycles. The molecule has 1 aromatic rings. The number of hydrogen-bond acceptors (Lipinski definition) is 5. The number of nitrogens with zero attached hydrogens (tertiary/aromatic N) is 1. The topological polar surface area (TPSA) is 148 Å². The third-order valence-electron chi connectivity index (χ3n) is 2.43. The molecule has 1 rings (SSSR count). The molecule has 9 heteroatoms. The average molecular weight is 294 g/mol. The van der Waals surface area contributed by atoms with Gasteiger partial charge in [-0.05, 0) is 12.1 Å². The van der Waals surface area contributed by atoms with Crippen LogP contribution in [0.25, 0.3) is 0 Å².